The predicted octanol–water partition coefficient (Wildman–Crippen LogP) is 4.22. The lowest BCUT2D eigenvalue weighted by Crippen LogP contribution is -2.05. The van der Waals surface area contributed by atoms with Gasteiger partial charge in [0.25, 0.3) is 0 Å². The van der Waals surface area contributed by atoms with Crippen LogP contribution in [-0.2, 0) is 11.3 Å². The summed E-state index contributed by atoms with van der Waals surface area (Å²) < 4.78 is 5.68. The molecule has 20 heavy (non-hydrogen) atoms. The summed E-state index contributed by atoms with van der Waals surface area (Å²) in [5, 5.41) is 6.45. The van der Waals surface area contributed by atoms with Crippen LogP contribution >= 0.6 is 11.3 Å². The van der Waals surface area contributed by atoms with Crippen molar-refractivity contribution in [2.75, 3.05) is 18.5 Å². The van der Waals surface area contributed by atoms with E-state index in [1.54, 1.807) is 11.3 Å². The van der Waals surface area contributed by atoms with Gasteiger partial charge in [0, 0.05) is 13.2 Å². The Kier molecular flexibility index (Phi) is 6.21. The first-order valence-electron chi connectivity index (χ1n) is 7.40. The van der Waals surface area contributed by atoms with Crippen LogP contribution < -0.4 is 5.32 Å². The molecule has 2 aromatic heterocycles. The van der Waals surface area contributed by atoms with Crippen molar-refractivity contribution in [3.63, 3.8) is 0 Å². The Morgan fingerprint density at radius 1 is 1.20 bits per heavy atom. The summed E-state index contributed by atoms with van der Waals surface area (Å²) in [6, 6.07) is 2.06. The van der Waals surface area contributed by atoms with E-state index >= 15 is 0 Å². The number of nitrogens with one attached hydrogen (secondary N) is 1. The standard InChI is InChI=1S/C15H23N3OS/c1-3-5-6-7-9-19-11-13-17-14(16-4-2)12-8-10-20-15(12)18-13/h8,10H,3-7,9,11H2,1-2H3,(H,16,17,18). The zero-order chi connectivity index (χ0) is 14.2. The van der Waals surface area contributed by atoms with Crippen LogP contribution in [-0.4, -0.2) is 23.1 Å². The molecule has 0 aromatic carbocycles. The van der Waals surface area contributed by atoms with Crippen molar-refractivity contribution < 1.29 is 4.74 Å². The van der Waals surface area contributed by atoms with Gasteiger partial charge in [-0.25, -0.2) is 9.97 Å². The van der Waals surface area contributed by atoms with Crippen LogP contribution in [0.15, 0.2) is 11.4 Å². The van der Waals surface area contributed by atoms with E-state index in [0.29, 0.717) is 6.61 Å². The minimum atomic E-state index is 0.498. The van der Waals surface area contributed by atoms with Crippen molar-refractivity contribution in [1.82, 2.24) is 9.97 Å². The van der Waals surface area contributed by atoms with E-state index in [-0.39, 0.29) is 0 Å². The van der Waals surface area contributed by atoms with Crippen molar-refractivity contribution in [3.05, 3.63) is 17.3 Å². The first-order valence-corrected chi connectivity index (χ1v) is 8.28. The number of fused-ring (bicyclic) bond motifs is 1. The molecular weight excluding hydrogens is 270 g/mol. The largest absolute Gasteiger partial charge is 0.373 e. The number of hydrogen-bond donors (Lipinski definition) is 1. The van der Waals surface area contributed by atoms with Crippen LogP contribution in [0.1, 0.15) is 45.4 Å². The van der Waals surface area contributed by atoms with E-state index in [9.17, 15) is 0 Å². The predicted molar refractivity (Wildman–Crippen MR) is 85.4 cm³/mol. The first kappa shape index (κ1) is 15.2. The van der Waals surface area contributed by atoms with E-state index < -0.39 is 0 Å². The number of rotatable bonds is 9. The van der Waals surface area contributed by atoms with Gasteiger partial charge in [0.05, 0.1) is 5.39 Å². The monoisotopic (exact) mass is 293 g/mol. The lowest BCUT2D eigenvalue weighted by molar-refractivity contribution is 0.112. The molecule has 2 aromatic rings. The SMILES string of the molecule is CCCCCCOCc1nc(NCC)c2ccsc2n1. The molecule has 1 N–H and O–H groups in total. The van der Waals surface area contributed by atoms with Crippen LogP contribution in [0, 0.1) is 0 Å². The molecule has 0 radical (unpaired) electrons. The van der Waals surface area contributed by atoms with Gasteiger partial charge < -0.3 is 10.1 Å². The molecule has 2 heterocycles. The van der Waals surface area contributed by atoms with Gasteiger partial charge in [0.1, 0.15) is 17.3 Å². The van der Waals surface area contributed by atoms with Crippen molar-refractivity contribution in [3.8, 4) is 0 Å². The van der Waals surface area contributed by atoms with Gasteiger partial charge in [-0.15, -0.1) is 11.3 Å². The highest BCUT2D eigenvalue weighted by Crippen LogP contribution is 2.25. The molecule has 0 fully saturated rings. The first-order chi connectivity index (χ1) is 9.85. The van der Waals surface area contributed by atoms with Crippen LogP contribution in [0.2, 0.25) is 0 Å². The fraction of sp³-hybridized carbons (Fsp3) is 0.600. The molecule has 0 saturated carbocycles. The second-order valence-corrected chi connectivity index (χ2v) is 5.67. The highest BCUT2D eigenvalue weighted by Gasteiger charge is 2.08. The molecule has 0 bridgehead atoms. The molecule has 2 rings (SSSR count). The van der Waals surface area contributed by atoms with Gasteiger partial charge in [-0.1, -0.05) is 26.2 Å². The quantitative estimate of drug-likeness (QED) is 0.703. The lowest BCUT2D eigenvalue weighted by Gasteiger charge is -2.07. The molecule has 0 amide bonds. The molecule has 0 aliphatic heterocycles. The van der Waals surface area contributed by atoms with Crippen molar-refractivity contribution in [2.45, 2.75) is 46.1 Å². The second kappa shape index (κ2) is 8.17. The molecular formula is C15H23N3OS. The summed E-state index contributed by atoms with van der Waals surface area (Å²) in [6.45, 7) is 6.44. The zero-order valence-electron chi connectivity index (χ0n) is 12.3. The molecule has 0 spiro atoms. The van der Waals surface area contributed by atoms with Crippen LogP contribution in [0.4, 0.5) is 5.82 Å². The number of unbranched alkanes of at least 4 members (excludes halogenated alkanes) is 3. The van der Waals surface area contributed by atoms with Gasteiger partial charge in [0.2, 0.25) is 0 Å². The van der Waals surface area contributed by atoms with Crippen LogP contribution in [0.25, 0.3) is 10.2 Å². The number of nitrogens with zero attached hydrogens (tertiary/aromatic N) is 2. The summed E-state index contributed by atoms with van der Waals surface area (Å²) in [7, 11) is 0. The fourth-order valence-electron chi connectivity index (χ4n) is 2.06. The summed E-state index contributed by atoms with van der Waals surface area (Å²) in [6.07, 6.45) is 4.90. The number of thiophene rings is 1. The van der Waals surface area contributed by atoms with Gasteiger partial charge in [-0.05, 0) is 24.8 Å². The van der Waals surface area contributed by atoms with Gasteiger partial charge >= 0.3 is 0 Å². The summed E-state index contributed by atoms with van der Waals surface area (Å²) in [5.74, 6) is 1.69. The Balaban J connectivity index is 1.92. The van der Waals surface area contributed by atoms with Crippen molar-refractivity contribution in [1.29, 1.82) is 0 Å². The summed E-state index contributed by atoms with van der Waals surface area (Å²) >= 11 is 1.65. The Labute approximate surface area is 124 Å². The number of anilines is 1. The molecule has 5 heteroatoms. The minimum absolute atomic E-state index is 0.498. The maximum atomic E-state index is 5.68. The third-order valence-corrected chi connectivity index (χ3v) is 3.90. The fourth-order valence-corrected chi connectivity index (χ4v) is 2.84. The summed E-state index contributed by atoms with van der Waals surface area (Å²) in [5.41, 5.74) is 0. The third-order valence-electron chi connectivity index (χ3n) is 3.09. The molecule has 110 valence electrons. The van der Waals surface area contributed by atoms with E-state index in [2.05, 4.69) is 40.6 Å². The maximum Gasteiger partial charge on any atom is 0.158 e. The Bertz CT molecular complexity index is 527. The molecule has 0 saturated heterocycles. The Morgan fingerprint density at radius 3 is 2.90 bits per heavy atom. The Morgan fingerprint density at radius 2 is 2.10 bits per heavy atom. The third kappa shape index (κ3) is 4.15. The van der Waals surface area contributed by atoms with Crippen molar-refractivity contribution >= 4 is 27.4 Å². The number of aromatic nitrogens is 2. The van der Waals surface area contributed by atoms with Crippen LogP contribution in [0.5, 0.6) is 0 Å². The average molecular weight is 293 g/mol. The maximum absolute atomic E-state index is 5.68. The van der Waals surface area contributed by atoms with E-state index in [1.807, 2.05) is 0 Å². The topological polar surface area (TPSA) is 47.0 Å². The molecule has 0 aliphatic rings. The molecule has 0 atom stereocenters. The van der Waals surface area contributed by atoms with Gasteiger partial charge in [0.15, 0.2) is 5.82 Å². The Hall–Kier alpha value is -1.20. The van der Waals surface area contributed by atoms with E-state index in [1.165, 1.54) is 19.3 Å². The molecule has 4 nitrogen and oxygen atoms in total. The van der Waals surface area contributed by atoms with Gasteiger partial charge in [-0.2, -0.15) is 0 Å². The molecule has 0 aliphatic carbocycles. The minimum Gasteiger partial charge on any atom is -0.373 e. The zero-order valence-corrected chi connectivity index (χ0v) is 13.1. The smallest absolute Gasteiger partial charge is 0.158 e. The number of hydrogen-bond acceptors (Lipinski definition) is 5. The highest BCUT2D eigenvalue weighted by molar-refractivity contribution is 7.16. The van der Waals surface area contributed by atoms with Crippen LogP contribution in [0.3, 0.4) is 0 Å². The van der Waals surface area contributed by atoms with E-state index in [4.69, 9.17) is 4.74 Å². The van der Waals surface area contributed by atoms with Gasteiger partial charge in [-0.3, -0.25) is 0 Å². The average Bonchev–Trinajstić information content (AvgIpc) is 2.91. The second-order valence-electron chi connectivity index (χ2n) is 4.77. The molecule has 0 unspecified atom stereocenters. The highest BCUT2D eigenvalue weighted by atomic mass is 32.1. The van der Waals surface area contributed by atoms with E-state index in [0.717, 1.165) is 41.4 Å². The van der Waals surface area contributed by atoms with Crippen molar-refractivity contribution in [2.24, 2.45) is 0 Å². The lowest BCUT2D eigenvalue weighted by atomic mass is 10.2. The summed E-state index contributed by atoms with van der Waals surface area (Å²) in [4.78, 5) is 10.1. The number of ether oxygens (including phenoxy) is 1. The normalized spacial score (nSPS) is 11.1.